The molecule has 0 radical (unpaired) electrons. The Kier molecular flexibility index (Phi) is 4.40. The summed E-state index contributed by atoms with van der Waals surface area (Å²) < 4.78 is 27.4. The molecule has 18 heavy (non-hydrogen) atoms. The molecule has 0 spiro atoms. The minimum absolute atomic E-state index is 0.123. The van der Waals surface area contributed by atoms with Crippen LogP contribution in [0.25, 0.3) is 0 Å². The zero-order chi connectivity index (χ0) is 14.0. The fraction of sp³-hybridized carbons (Fsp3) is 0.538. The lowest BCUT2D eigenvalue weighted by molar-refractivity contribution is 0.317. The summed E-state index contributed by atoms with van der Waals surface area (Å²) in [5.74, 6) is 0. The fourth-order valence-corrected chi connectivity index (χ4v) is 3.04. The highest BCUT2D eigenvalue weighted by Gasteiger charge is 2.27. The van der Waals surface area contributed by atoms with E-state index >= 15 is 0 Å². The van der Waals surface area contributed by atoms with Crippen LogP contribution >= 0.6 is 0 Å². The van der Waals surface area contributed by atoms with Crippen LogP contribution in [0.4, 0.5) is 5.69 Å². The Morgan fingerprint density at radius 2 is 1.72 bits per heavy atom. The molecule has 1 unspecified atom stereocenters. The summed E-state index contributed by atoms with van der Waals surface area (Å²) in [5.41, 5.74) is 0.480. The molecule has 1 atom stereocenters. The molecule has 0 heterocycles. The molecule has 0 aliphatic carbocycles. The minimum Gasteiger partial charge on any atom is -0.387 e. The molecule has 0 aromatic heterocycles. The molecule has 2 N–H and O–H groups in total. The van der Waals surface area contributed by atoms with Crippen molar-refractivity contribution in [2.45, 2.75) is 38.6 Å². The van der Waals surface area contributed by atoms with Crippen LogP contribution in [-0.4, -0.2) is 21.5 Å². The maximum absolute atomic E-state index is 12.3. The molecule has 102 valence electrons. The maximum Gasteiger partial charge on any atom is 0.242 e. The van der Waals surface area contributed by atoms with E-state index in [1.807, 2.05) is 27.7 Å². The van der Waals surface area contributed by atoms with Gasteiger partial charge in [-0.25, -0.2) is 13.1 Å². The molecule has 1 aromatic rings. The van der Waals surface area contributed by atoms with Gasteiger partial charge in [0.05, 0.1) is 5.69 Å². The highest BCUT2D eigenvalue weighted by Crippen LogP contribution is 2.24. The molecule has 0 aliphatic rings. The van der Waals surface area contributed by atoms with Gasteiger partial charge in [-0.2, -0.15) is 0 Å². The van der Waals surface area contributed by atoms with Gasteiger partial charge in [-0.3, -0.25) is 0 Å². The number of benzene rings is 1. The Morgan fingerprint density at radius 1 is 1.17 bits per heavy atom. The van der Waals surface area contributed by atoms with Gasteiger partial charge in [0.1, 0.15) is 4.90 Å². The van der Waals surface area contributed by atoms with E-state index in [2.05, 4.69) is 10.0 Å². The fourth-order valence-electron chi connectivity index (χ4n) is 1.38. The van der Waals surface area contributed by atoms with Crippen LogP contribution in [0.1, 0.15) is 27.7 Å². The van der Waals surface area contributed by atoms with Crippen molar-refractivity contribution < 1.29 is 8.42 Å². The van der Waals surface area contributed by atoms with E-state index in [1.165, 1.54) is 0 Å². The molecule has 0 aliphatic heterocycles. The van der Waals surface area contributed by atoms with Gasteiger partial charge in [-0.05, 0) is 24.5 Å². The summed E-state index contributed by atoms with van der Waals surface area (Å²) >= 11 is 0. The van der Waals surface area contributed by atoms with Crippen molar-refractivity contribution in [1.29, 1.82) is 0 Å². The van der Waals surface area contributed by atoms with E-state index in [9.17, 15) is 8.42 Å². The zero-order valence-corrected chi connectivity index (χ0v) is 12.4. The predicted octanol–water partition coefficient (Wildman–Crippen LogP) is 2.44. The van der Waals surface area contributed by atoms with Gasteiger partial charge in [0.25, 0.3) is 0 Å². The van der Waals surface area contributed by atoms with Crippen LogP contribution < -0.4 is 10.0 Å². The molecule has 0 bridgehead atoms. The van der Waals surface area contributed by atoms with Gasteiger partial charge in [-0.1, -0.05) is 32.9 Å². The van der Waals surface area contributed by atoms with Gasteiger partial charge < -0.3 is 5.32 Å². The number of para-hydroxylation sites is 1. The Labute approximate surface area is 110 Å². The first-order chi connectivity index (χ1) is 8.18. The average Bonchev–Trinajstić information content (AvgIpc) is 2.27. The molecule has 0 fully saturated rings. The van der Waals surface area contributed by atoms with Crippen molar-refractivity contribution in [3.05, 3.63) is 24.3 Å². The quantitative estimate of drug-likeness (QED) is 0.883. The second-order valence-electron chi connectivity index (χ2n) is 5.46. The van der Waals surface area contributed by atoms with Crippen molar-refractivity contribution >= 4 is 15.7 Å². The van der Waals surface area contributed by atoms with Crippen molar-refractivity contribution in [2.24, 2.45) is 5.41 Å². The first-order valence-corrected chi connectivity index (χ1v) is 7.46. The number of sulfonamides is 1. The summed E-state index contributed by atoms with van der Waals surface area (Å²) in [7, 11) is -1.79. The van der Waals surface area contributed by atoms with Crippen LogP contribution in [-0.2, 0) is 10.0 Å². The van der Waals surface area contributed by atoms with Crippen LogP contribution in [0.3, 0.4) is 0 Å². The van der Waals surface area contributed by atoms with Crippen molar-refractivity contribution in [3.63, 3.8) is 0 Å². The predicted molar refractivity (Wildman–Crippen MR) is 75.2 cm³/mol. The number of hydrogen-bond acceptors (Lipinski definition) is 3. The van der Waals surface area contributed by atoms with Crippen LogP contribution in [0.15, 0.2) is 29.2 Å². The molecule has 0 amide bonds. The molecule has 0 saturated heterocycles. The van der Waals surface area contributed by atoms with Gasteiger partial charge >= 0.3 is 0 Å². The summed E-state index contributed by atoms with van der Waals surface area (Å²) in [5, 5.41) is 2.89. The Morgan fingerprint density at radius 3 is 2.22 bits per heavy atom. The molecule has 1 rings (SSSR count). The van der Waals surface area contributed by atoms with Crippen molar-refractivity contribution in [1.82, 2.24) is 4.72 Å². The second kappa shape index (κ2) is 5.28. The lowest BCUT2D eigenvalue weighted by Crippen LogP contribution is -2.41. The number of nitrogens with one attached hydrogen (secondary N) is 2. The van der Waals surface area contributed by atoms with Crippen molar-refractivity contribution in [3.8, 4) is 0 Å². The SMILES string of the molecule is CNc1ccccc1S(=O)(=O)NC(C)C(C)(C)C. The van der Waals surface area contributed by atoms with E-state index in [0.717, 1.165) is 0 Å². The number of rotatable bonds is 4. The summed E-state index contributed by atoms with van der Waals surface area (Å²) in [6.45, 7) is 7.89. The van der Waals surface area contributed by atoms with E-state index in [-0.39, 0.29) is 16.4 Å². The molecule has 4 nitrogen and oxygen atoms in total. The van der Waals surface area contributed by atoms with E-state index in [0.29, 0.717) is 5.69 Å². The topological polar surface area (TPSA) is 58.2 Å². The smallest absolute Gasteiger partial charge is 0.242 e. The zero-order valence-electron chi connectivity index (χ0n) is 11.6. The second-order valence-corrected chi connectivity index (χ2v) is 7.14. The Hall–Kier alpha value is -1.07. The van der Waals surface area contributed by atoms with Gasteiger partial charge in [0, 0.05) is 13.1 Å². The number of hydrogen-bond donors (Lipinski definition) is 2. The lowest BCUT2D eigenvalue weighted by Gasteiger charge is -2.28. The summed E-state index contributed by atoms with van der Waals surface area (Å²) in [6.07, 6.45) is 0. The third kappa shape index (κ3) is 3.46. The highest BCUT2D eigenvalue weighted by molar-refractivity contribution is 7.89. The van der Waals surface area contributed by atoms with Crippen LogP contribution in [0, 0.1) is 5.41 Å². The third-order valence-electron chi connectivity index (χ3n) is 3.08. The average molecular weight is 270 g/mol. The normalized spacial score (nSPS) is 14.3. The first-order valence-electron chi connectivity index (χ1n) is 5.97. The summed E-state index contributed by atoms with van der Waals surface area (Å²) in [6, 6.07) is 6.72. The molecule has 1 aromatic carbocycles. The van der Waals surface area contributed by atoms with E-state index in [4.69, 9.17) is 0 Å². The highest BCUT2D eigenvalue weighted by atomic mass is 32.2. The molecule has 5 heteroatoms. The van der Waals surface area contributed by atoms with E-state index < -0.39 is 10.0 Å². The monoisotopic (exact) mass is 270 g/mol. The first kappa shape index (κ1) is 15.0. The van der Waals surface area contributed by atoms with Crippen molar-refractivity contribution in [2.75, 3.05) is 12.4 Å². The lowest BCUT2D eigenvalue weighted by atomic mass is 9.89. The standard InChI is InChI=1S/C13H22N2O2S/c1-10(13(2,3)4)15-18(16,17)12-9-7-6-8-11(12)14-5/h6-10,14-15H,1-5H3. The van der Waals surface area contributed by atoms with Gasteiger partial charge in [-0.15, -0.1) is 0 Å². The third-order valence-corrected chi connectivity index (χ3v) is 4.68. The minimum atomic E-state index is -3.50. The molecule has 0 saturated carbocycles. The maximum atomic E-state index is 12.3. The van der Waals surface area contributed by atoms with Crippen LogP contribution in [0.2, 0.25) is 0 Å². The number of anilines is 1. The largest absolute Gasteiger partial charge is 0.387 e. The summed E-state index contributed by atoms with van der Waals surface area (Å²) in [4.78, 5) is 0.281. The van der Waals surface area contributed by atoms with E-state index in [1.54, 1.807) is 31.3 Å². The molecular formula is C13H22N2O2S. The van der Waals surface area contributed by atoms with Gasteiger partial charge in [0.15, 0.2) is 0 Å². The van der Waals surface area contributed by atoms with Gasteiger partial charge in [0.2, 0.25) is 10.0 Å². The van der Waals surface area contributed by atoms with Crippen LogP contribution in [0.5, 0.6) is 0 Å². The molecular weight excluding hydrogens is 248 g/mol. The Bertz CT molecular complexity index is 504. The Balaban J connectivity index is 3.08.